The summed E-state index contributed by atoms with van der Waals surface area (Å²) < 4.78 is 7.47. The smallest absolute Gasteiger partial charge is 0.307 e. The number of benzene rings is 2. The van der Waals surface area contributed by atoms with Gasteiger partial charge in [-0.05, 0) is 54.3 Å². The van der Waals surface area contributed by atoms with Crippen LogP contribution in [0, 0.1) is 0 Å². The normalized spacial score (nSPS) is 11.3. The standard InChI is InChI=1S/C24H27N3O4/c1-2-3-8-23(20-9-11-21(12-10-20)27-14-5-13-25-27)26-31-16-15-30-22-7-4-6-19(17-22)18-24(28)29/h4-7,9-14,17H,2-3,8,15-16,18H2,1H3,(H,28,29)/b26-23+. The van der Waals surface area contributed by atoms with Crippen LogP contribution in [0.2, 0.25) is 0 Å². The molecule has 0 unspecified atom stereocenters. The summed E-state index contributed by atoms with van der Waals surface area (Å²) >= 11 is 0. The Morgan fingerprint density at radius 2 is 1.97 bits per heavy atom. The lowest BCUT2D eigenvalue weighted by molar-refractivity contribution is -0.136. The minimum absolute atomic E-state index is 0.0298. The number of ether oxygens (including phenoxy) is 1. The molecule has 7 heteroatoms. The van der Waals surface area contributed by atoms with Crippen molar-refractivity contribution in [1.29, 1.82) is 0 Å². The van der Waals surface area contributed by atoms with Gasteiger partial charge in [0.15, 0.2) is 6.61 Å². The molecule has 0 spiro atoms. The van der Waals surface area contributed by atoms with Gasteiger partial charge in [0, 0.05) is 12.4 Å². The summed E-state index contributed by atoms with van der Waals surface area (Å²) in [6, 6.07) is 17.0. The summed E-state index contributed by atoms with van der Waals surface area (Å²) in [5, 5.41) is 17.5. The minimum Gasteiger partial charge on any atom is -0.490 e. The molecule has 0 saturated carbocycles. The summed E-state index contributed by atoms with van der Waals surface area (Å²) in [6.07, 6.45) is 6.55. The molecule has 0 aliphatic rings. The highest BCUT2D eigenvalue weighted by molar-refractivity contribution is 6.00. The van der Waals surface area contributed by atoms with Gasteiger partial charge in [-0.3, -0.25) is 4.79 Å². The fraction of sp³-hybridized carbons (Fsp3) is 0.292. The number of oxime groups is 1. The zero-order chi connectivity index (χ0) is 21.9. The van der Waals surface area contributed by atoms with Crippen LogP contribution in [-0.2, 0) is 16.1 Å². The first-order chi connectivity index (χ1) is 15.2. The molecule has 0 amide bonds. The third-order valence-corrected chi connectivity index (χ3v) is 4.61. The number of nitrogens with zero attached hydrogens (tertiary/aromatic N) is 3. The molecular formula is C24H27N3O4. The summed E-state index contributed by atoms with van der Waals surface area (Å²) in [6.45, 7) is 2.76. The molecule has 0 aliphatic heterocycles. The molecule has 0 bridgehead atoms. The summed E-state index contributed by atoms with van der Waals surface area (Å²) in [7, 11) is 0. The van der Waals surface area contributed by atoms with Gasteiger partial charge >= 0.3 is 5.97 Å². The molecule has 162 valence electrons. The molecule has 0 atom stereocenters. The van der Waals surface area contributed by atoms with Crippen LogP contribution in [0.5, 0.6) is 5.75 Å². The van der Waals surface area contributed by atoms with E-state index in [9.17, 15) is 4.79 Å². The fourth-order valence-corrected chi connectivity index (χ4v) is 3.06. The van der Waals surface area contributed by atoms with E-state index in [1.165, 1.54) is 0 Å². The predicted octanol–water partition coefficient (Wildman–Crippen LogP) is 4.49. The molecular weight excluding hydrogens is 394 g/mol. The van der Waals surface area contributed by atoms with E-state index >= 15 is 0 Å². The van der Waals surface area contributed by atoms with E-state index in [1.54, 1.807) is 30.5 Å². The zero-order valence-corrected chi connectivity index (χ0v) is 17.6. The van der Waals surface area contributed by atoms with Crippen molar-refractivity contribution in [3.8, 4) is 11.4 Å². The molecule has 1 heterocycles. The SMILES string of the molecule is CCCC/C(=N\OCCOc1cccc(CC(=O)O)c1)c1ccc(-n2cccn2)cc1. The second kappa shape index (κ2) is 11.5. The Labute approximate surface area is 181 Å². The molecule has 1 aromatic heterocycles. The van der Waals surface area contributed by atoms with Crippen molar-refractivity contribution in [3.05, 3.63) is 78.1 Å². The van der Waals surface area contributed by atoms with Crippen LogP contribution in [0.25, 0.3) is 5.69 Å². The first-order valence-electron chi connectivity index (χ1n) is 10.4. The van der Waals surface area contributed by atoms with E-state index in [4.69, 9.17) is 14.7 Å². The number of aliphatic carboxylic acids is 1. The van der Waals surface area contributed by atoms with Crippen LogP contribution in [-0.4, -0.2) is 39.8 Å². The lowest BCUT2D eigenvalue weighted by atomic mass is 10.0. The molecule has 0 fully saturated rings. The first kappa shape index (κ1) is 22.1. The highest BCUT2D eigenvalue weighted by Crippen LogP contribution is 2.15. The number of aromatic nitrogens is 2. The van der Waals surface area contributed by atoms with Gasteiger partial charge in [0.2, 0.25) is 0 Å². The van der Waals surface area contributed by atoms with E-state index in [1.807, 2.05) is 41.2 Å². The second-order valence-corrected chi connectivity index (χ2v) is 7.04. The monoisotopic (exact) mass is 421 g/mol. The maximum Gasteiger partial charge on any atom is 0.307 e. The van der Waals surface area contributed by atoms with Crippen LogP contribution < -0.4 is 4.74 Å². The van der Waals surface area contributed by atoms with Gasteiger partial charge in [0.1, 0.15) is 12.4 Å². The van der Waals surface area contributed by atoms with Crippen LogP contribution in [0.4, 0.5) is 0 Å². The lowest BCUT2D eigenvalue weighted by Crippen LogP contribution is -2.08. The maximum absolute atomic E-state index is 10.8. The highest BCUT2D eigenvalue weighted by atomic mass is 16.6. The maximum atomic E-state index is 10.8. The fourth-order valence-electron chi connectivity index (χ4n) is 3.06. The third-order valence-electron chi connectivity index (χ3n) is 4.61. The number of carboxylic acids is 1. The Bertz CT molecular complexity index is 982. The van der Waals surface area contributed by atoms with Crippen LogP contribution in [0.3, 0.4) is 0 Å². The number of carbonyl (C=O) groups is 1. The molecule has 7 nitrogen and oxygen atoms in total. The predicted molar refractivity (Wildman–Crippen MR) is 119 cm³/mol. The average Bonchev–Trinajstić information content (AvgIpc) is 3.31. The number of hydrogen-bond donors (Lipinski definition) is 1. The van der Waals surface area contributed by atoms with Gasteiger partial charge in [-0.25, -0.2) is 4.68 Å². The molecule has 2 aromatic carbocycles. The largest absolute Gasteiger partial charge is 0.490 e. The van der Waals surface area contributed by atoms with Crippen LogP contribution in [0.1, 0.15) is 37.3 Å². The number of unbranched alkanes of at least 4 members (excludes halogenated alkanes) is 1. The van der Waals surface area contributed by atoms with Crippen molar-refractivity contribution in [3.63, 3.8) is 0 Å². The Balaban J connectivity index is 1.55. The van der Waals surface area contributed by atoms with Crippen LogP contribution in [0.15, 0.2) is 72.1 Å². The third kappa shape index (κ3) is 6.99. The van der Waals surface area contributed by atoms with Gasteiger partial charge in [-0.2, -0.15) is 5.10 Å². The Morgan fingerprint density at radius 3 is 2.68 bits per heavy atom. The van der Waals surface area contributed by atoms with Gasteiger partial charge in [-0.1, -0.05) is 42.8 Å². The van der Waals surface area contributed by atoms with E-state index < -0.39 is 5.97 Å². The summed E-state index contributed by atoms with van der Waals surface area (Å²) in [5.74, 6) is -0.251. The Kier molecular flexibility index (Phi) is 8.22. The van der Waals surface area contributed by atoms with E-state index in [0.717, 1.165) is 36.2 Å². The first-order valence-corrected chi connectivity index (χ1v) is 10.4. The molecule has 31 heavy (non-hydrogen) atoms. The molecule has 0 radical (unpaired) electrons. The van der Waals surface area contributed by atoms with Crippen molar-refractivity contribution < 1.29 is 19.5 Å². The van der Waals surface area contributed by atoms with Crippen molar-refractivity contribution in [2.45, 2.75) is 32.6 Å². The van der Waals surface area contributed by atoms with Gasteiger partial charge in [0.05, 0.1) is 17.8 Å². The zero-order valence-electron chi connectivity index (χ0n) is 17.6. The van der Waals surface area contributed by atoms with E-state index in [2.05, 4.69) is 17.2 Å². The summed E-state index contributed by atoms with van der Waals surface area (Å²) in [4.78, 5) is 16.4. The van der Waals surface area contributed by atoms with E-state index in [0.29, 0.717) is 24.5 Å². The van der Waals surface area contributed by atoms with E-state index in [-0.39, 0.29) is 6.42 Å². The Hall–Kier alpha value is -3.61. The van der Waals surface area contributed by atoms with Gasteiger partial charge in [0.25, 0.3) is 0 Å². The van der Waals surface area contributed by atoms with Gasteiger partial charge < -0.3 is 14.7 Å². The number of hydrogen-bond acceptors (Lipinski definition) is 5. The molecule has 1 N–H and O–H groups in total. The average molecular weight is 421 g/mol. The highest BCUT2D eigenvalue weighted by Gasteiger charge is 2.06. The lowest BCUT2D eigenvalue weighted by Gasteiger charge is -2.09. The van der Waals surface area contributed by atoms with Crippen molar-refractivity contribution >= 4 is 11.7 Å². The number of carboxylic acid groups (broad SMARTS) is 1. The quantitative estimate of drug-likeness (QED) is 0.265. The molecule has 0 aliphatic carbocycles. The van der Waals surface area contributed by atoms with Gasteiger partial charge in [-0.15, -0.1) is 0 Å². The van der Waals surface area contributed by atoms with Crippen LogP contribution >= 0.6 is 0 Å². The van der Waals surface area contributed by atoms with Crippen molar-refractivity contribution in [2.75, 3.05) is 13.2 Å². The van der Waals surface area contributed by atoms with Crippen molar-refractivity contribution in [1.82, 2.24) is 9.78 Å². The summed E-state index contributed by atoms with van der Waals surface area (Å²) in [5.41, 5.74) is 3.61. The topological polar surface area (TPSA) is 85.9 Å². The van der Waals surface area contributed by atoms with Crippen molar-refractivity contribution in [2.24, 2.45) is 5.16 Å². The Morgan fingerprint density at radius 1 is 1.13 bits per heavy atom. The minimum atomic E-state index is -0.868. The molecule has 0 saturated heterocycles. The molecule has 3 rings (SSSR count). The second-order valence-electron chi connectivity index (χ2n) is 7.04. The number of rotatable bonds is 12. The molecule has 3 aromatic rings.